The van der Waals surface area contributed by atoms with Crippen LogP contribution in [0.3, 0.4) is 0 Å². The monoisotopic (exact) mass is 356 g/mol. The van der Waals surface area contributed by atoms with Gasteiger partial charge in [0.15, 0.2) is 0 Å². The van der Waals surface area contributed by atoms with Gasteiger partial charge in [0, 0.05) is 29.7 Å². The number of methoxy groups -OCH3 is 2. The van der Waals surface area contributed by atoms with E-state index in [9.17, 15) is 22.8 Å². The minimum absolute atomic E-state index is 0.0539. The van der Waals surface area contributed by atoms with Gasteiger partial charge in [-0.2, -0.15) is 13.2 Å². The number of hydrogen-bond acceptors (Lipinski definition) is 4. The molecule has 1 amide bonds. The fourth-order valence-electron chi connectivity index (χ4n) is 2.20. The topological polar surface area (TPSA) is 80.4 Å². The molecule has 9 heteroatoms. The van der Waals surface area contributed by atoms with Crippen molar-refractivity contribution in [3.63, 3.8) is 0 Å². The van der Waals surface area contributed by atoms with Gasteiger partial charge < -0.3 is 19.8 Å². The molecule has 2 aromatic rings. The van der Waals surface area contributed by atoms with E-state index in [-0.39, 0.29) is 23.4 Å². The van der Waals surface area contributed by atoms with E-state index >= 15 is 0 Å². The third kappa shape index (κ3) is 4.11. The van der Waals surface area contributed by atoms with Crippen LogP contribution in [-0.2, 0) is 15.7 Å². The van der Waals surface area contributed by atoms with E-state index in [1.54, 1.807) is 0 Å². The molecule has 0 aliphatic heterocycles. The molecule has 0 aliphatic carbocycles. The number of aromatic nitrogens is 1. The molecule has 2 rings (SSSR count). The van der Waals surface area contributed by atoms with Crippen molar-refractivity contribution < 1.29 is 32.2 Å². The number of nitrogens with one attached hydrogen (secondary N) is 2. The molecule has 0 fully saturated rings. The van der Waals surface area contributed by atoms with Crippen molar-refractivity contribution in [3.05, 3.63) is 41.6 Å². The summed E-state index contributed by atoms with van der Waals surface area (Å²) in [5.41, 5.74) is -0.616. The highest BCUT2D eigenvalue weighted by molar-refractivity contribution is 6.07. The molecule has 0 bridgehead atoms. The number of H-pyrrole nitrogens is 1. The maximum absolute atomic E-state index is 13.0. The zero-order valence-corrected chi connectivity index (χ0v) is 13.4. The summed E-state index contributed by atoms with van der Waals surface area (Å²) < 4.78 is 48.2. The Balaban J connectivity index is 2.26. The van der Waals surface area contributed by atoms with Crippen LogP contribution in [0.1, 0.15) is 15.9 Å². The van der Waals surface area contributed by atoms with E-state index in [1.165, 1.54) is 19.4 Å². The summed E-state index contributed by atoms with van der Waals surface area (Å²) in [4.78, 5) is 25.7. The number of hydrogen-bond donors (Lipinski definition) is 2. The minimum atomic E-state index is -4.58. The molecule has 0 atom stereocenters. The maximum atomic E-state index is 13.0. The number of carbonyl (C=O) groups is 2. The van der Waals surface area contributed by atoms with Gasteiger partial charge in [-0.25, -0.2) is 4.79 Å². The van der Waals surface area contributed by atoms with Crippen molar-refractivity contribution in [3.8, 4) is 5.75 Å². The third-order valence-corrected chi connectivity index (χ3v) is 3.39. The summed E-state index contributed by atoms with van der Waals surface area (Å²) in [6.45, 7) is 0.0539. The minimum Gasteiger partial charge on any atom is -0.496 e. The van der Waals surface area contributed by atoms with Gasteiger partial charge in [-0.05, 0) is 12.1 Å². The Labute approximate surface area is 140 Å². The van der Waals surface area contributed by atoms with Crippen LogP contribution >= 0.6 is 0 Å². The Morgan fingerprint density at radius 2 is 2.00 bits per heavy atom. The number of carbonyl (C=O) groups excluding carboxylic acids is 2. The van der Waals surface area contributed by atoms with Crippen LogP contribution in [0, 0.1) is 0 Å². The SMILES string of the molecule is COC(=O)/C=C/CNC(=O)c1c[nH]c2cc(C(F)(F)F)c(OC)cc12. The molecule has 0 unspecified atom stereocenters. The summed E-state index contributed by atoms with van der Waals surface area (Å²) >= 11 is 0. The van der Waals surface area contributed by atoms with Crippen LogP contribution in [0.25, 0.3) is 10.9 Å². The number of fused-ring (bicyclic) bond motifs is 1. The van der Waals surface area contributed by atoms with Crippen LogP contribution in [0.15, 0.2) is 30.5 Å². The van der Waals surface area contributed by atoms with E-state index in [4.69, 9.17) is 4.74 Å². The lowest BCUT2D eigenvalue weighted by Gasteiger charge is -2.12. The first-order chi connectivity index (χ1) is 11.8. The van der Waals surface area contributed by atoms with Gasteiger partial charge in [-0.1, -0.05) is 6.08 Å². The highest BCUT2D eigenvalue weighted by Crippen LogP contribution is 2.39. The Bertz CT molecular complexity index is 825. The predicted molar refractivity (Wildman–Crippen MR) is 83.3 cm³/mol. The van der Waals surface area contributed by atoms with E-state index in [0.29, 0.717) is 5.39 Å². The summed E-state index contributed by atoms with van der Waals surface area (Å²) in [6, 6.07) is 2.05. The van der Waals surface area contributed by atoms with Crippen LogP contribution in [0.5, 0.6) is 5.75 Å². The number of esters is 1. The number of aromatic amines is 1. The zero-order chi connectivity index (χ0) is 18.6. The van der Waals surface area contributed by atoms with Gasteiger partial charge >= 0.3 is 12.1 Å². The predicted octanol–water partition coefficient (Wildman–Crippen LogP) is 2.65. The summed E-state index contributed by atoms with van der Waals surface area (Å²) in [5.74, 6) is -1.45. The molecule has 134 valence electrons. The van der Waals surface area contributed by atoms with Gasteiger partial charge in [-0.3, -0.25) is 4.79 Å². The van der Waals surface area contributed by atoms with Gasteiger partial charge in [0.25, 0.3) is 5.91 Å². The average Bonchev–Trinajstić information content (AvgIpc) is 2.99. The molecule has 0 saturated carbocycles. The van der Waals surface area contributed by atoms with Crippen molar-refractivity contribution >= 4 is 22.8 Å². The molecule has 1 aromatic heterocycles. The van der Waals surface area contributed by atoms with Crippen LogP contribution in [-0.4, -0.2) is 37.6 Å². The fourth-order valence-corrected chi connectivity index (χ4v) is 2.20. The highest BCUT2D eigenvalue weighted by atomic mass is 19.4. The van der Waals surface area contributed by atoms with Crippen LogP contribution in [0.4, 0.5) is 13.2 Å². The number of benzene rings is 1. The van der Waals surface area contributed by atoms with Crippen molar-refractivity contribution in [1.29, 1.82) is 0 Å². The average molecular weight is 356 g/mol. The number of amides is 1. The normalized spacial score (nSPS) is 11.7. The Kier molecular flexibility index (Phi) is 5.35. The smallest absolute Gasteiger partial charge is 0.420 e. The quantitative estimate of drug-likeness (QED) is 0.638. The standard InChI is InChI=1S/C16H15F3N2O4/c1-24-13-6-9-10(15(23)20-5-3-4-14(22)25-2)8-21-12(9)7-11(13)16(17,18)19/h3-4,6-8,21H,5H2,1-2H3,(H,20,23)/b4-3+. The fraction of sp³-hybridized carbons (Fsp3) is 0.250. The zero-order valence-electron chi connectivity index (χ0n) is 13.4. The Hall–Kier alpha value is -2.97. The van der Waals surface area contributed by atoms with E-state index < -0.39 is 23.6 Å². The Morgan fingerprint density at radius 1 is 1.28 bits per heavy atom. The van der Waals surface area contributed by atoms with E-state index in [2.05, 4.69) is 15.0 Å². The van der Waals surface area contributed by atoms with Gasteiger partial charge in [0.05, 0.1) is 25.3 Å². The molecule has 0 saturated heterocycles. The molecule has 6 nitrogen and oxygen atoms in total. The molecular weight excluding hydrogens is 341 g/mol. The van der Waals surface area contributed by atoms with Gasteiger partial charge in [0.1, 0.15) is 5.75 Å². The van der Waals surface area contributed by atoms with E-state index in [0.717, 1.165) is 25.3 Å². The summed E-state index contributed by atoms with van der Waals surface area (Å²) in [6.07, 6.45) is -0.732. The Morgan fingerprint density at radius 3 is 2.60 bits per heavy atom. The number of halogens is 3. The third-order valence-electron chi connectivity index (χ3n) is 3.39. The lowest BCUT2D eigenvalue weighted by molar-refractivity contribution is -0.138. The van der Waals surface area contributed by atoms with Crippen molar-refractivity contribution in [2.24, 2.45) is 0 Å². The number of alkyl halides is 3. The first-order valence-electron chi connectivity index (χ1n) is 7.07. The number of ether oxygens (including phenoxy) is 2. The van der Waals surface area contributed by atoms with Crippen molar-refractivity contribution in [2.45, 2.75) is 6.18 Å². The molecule has 1 heterocycles. The second kappa shape index (κ2) is 7.29. The van der Waals surface area contributed by atoms with Crippen molar-refractivity contribution in [1.82, 2.24) is 10.3 Å². The largest absolute Gasteiger partial charge is 0.496 e. The van der Waals surface area contributed by atoms with Crippen LogP contribution in [0.2, 0.25) is 0 Å². The second-order valence-electron chi connectivity index (χ2n) is 4.93. The first-order valence-corrected chi connectivity index (χ1v) is 7.07. The van der Waals surface area contributed by atoms with Gasteiger partial charge in [0.2, 0.25) is 0 Å². The van der Waals surface area contributed by atoms with Crippen molar-refractivity contribution in [2.75, 3.05) is 20.8 Å². The lowest BCUT2D eigenvalue weighted by Crippen LogP contribution is -2.23. The van der Waals surface area contributed by atoms with Crippen LogP contribution < -0.4 is 10.1 Å². The summed E-state index contributed by atoms with van der Waals surface area (Å²) in [5, 5.41) is 2.81. The second-order valence-corrected chi connectivity index (χ2v) is 4.93. The first kappa shape index (κ1) is 18.4. The molecule has 0 aliphatic rings. The molecule has 2 N–H and O–H groups in total. The maximum Gasteiger partial charge on any atom is 0.420 e. The molecular formula is C16H15F3N2O4. The molecule has 25 heavy (non-hydrogen) atoms. The molecule has 0 radical (unpaired) electrons. The molecule has 1 aromatic carbocycles. The summed E-state index contributed by atoms with van der Waals surface area (Å²) in [7, 11) is 2.35. The molecule has 0 spiro atoms. The highest BCUT2D eigenvalue weighted by Gasteiger charge is 2.35. The number of rotatable bonds is 5. The van der Waals surface area contributed by atoms with E-state index in [1.807, 2.05) is 0 Å². The lowest BCUT2D eigenvalue weighted by atomic mass is 10.1. The van der Waals surface area contributed by atoms with Gasteiger partial charge in [-0.15, -0.1) is 0 Å².